The van der Waals surface area contributed by atoms with Gasteiger partial charge < -0.3 is 10.3 Å². The maximum absolute atomic E-state index is 12.3. The maximum Gasteiger partial charge on any atom is 0.241 e. The van der Waals surface area contributed by atoms with Gasteiger partial charge in [0.25, 0.3) is 0 Å². The number of nitrogens with zero attached hydrogens (tertiary/aromatic N) is 2. The molecular weight excluding hydrogens is 276 g/mol. The first-order chi connectivity index (χ1) is 9.45. The average Bonchev–Trinajstić information content (AvgIpc) is 2.82. The molecule has 2 aromatic rings. The molecule has 0 aliphatic heterocycles. The van der Waals surface area contributed by atoms with Crippen molar-refractivity contribution in [3.05, 3.63) is 47.5 Å². The number of hydrogen-bond acceptors (Lipinski definition) is 4. The lowest BCUT2D eigenvalue weighted by molar-refractivity contribution is 0.576. The van der Waals surface area contributed by atoms with Crippen molar-refractivity contribution < 1.29 is 8.42 Å². The average molecular weight is 294 g/mol. The number of benzene rings is 1. The molecule has 0 aliphatic carbocycles. The number of aromatic nitrogens is 2. The molecule has 0 saturated carbocycles. The molecule has 1 heterocycles. The Morgan fingerprint density at radius 2 is 2.15 bits per heavy atom. The van der Waals surface area contributed by atoms with Crippen LogP contribution in [0.2, 0.25) is 0 Å². The molecule has 0 amide bonds. The molecule has 1 aromatic carbocycles. The van der Waals surface area contributed by atoms with Crippen LogP contribution in [0, 0.1) is 6.92 Å². The molecule has 0 bridgehead atoms. The first-order valence-corrected chi connectivity index (χ1v) is 7.68. The van der Waals surface area contributed by atoms with Gasteiger partial charge in [0.2, 0.25) is 10.0 Å². The summed E-state index contributed by atoms with van der Waals surface area (Å²) in [5, 5.41) is 0. The van der Waals surface area contributed by atoms with E-state index in [1.807, 2.05) is 13.1 Å². The van der Waals surface area contributed by atoms with Crippen molar-refractivity contribution in [3.8, 4) is 0 Å². The van der Waals surface area contributed by atoms with Gasteiger partial charge in [-0.15, -0.1) is 0 Å². The molecule has 0 spiro atoms. The fraction of sp³-hybridized carbons (Fsp3) is 0.308. The van der Waals surface area contributed by atoms with Crippen LogP contribution in [0.25, 0.3) is 0 Å². The lowest BCUT2D eigenvalue weighted by atomic mass is 10.1. The predicted molar refractivity (Wildman–Crippen MR) is 76.3 cm³/mol. The van der Waals surface area contributed by atoms with Crippen LogP contribution in [0.1, 0.15) is 17.0 Å². The summed E-state index contributed by atoms with van der Waals surface area (Å²) in [6, 6.07) is 5.10. The van der Waals surface area contributed by atoms with Crippen LogP contribution >= 0.6 is 0 Å². The molecule has 2 rings (SSSR count). The number of aryl methyl sites for hydroxylation is 1. The minimum absolute atomic E-state index is 0.151. The van der Waals surface area contributed by atoms with Gasteiger partial charge in [-0.1, -0.05) is 12.1 Å². The fourth-order valence-corrected chi connectivity index (χ4v) is 3.24. The fourth-order valence-electron chi connectivity index (χ4n) is 1.98. The van der Waals surface area contributed by atoms with Crippen molar-refractivity contribution in [2.24, 2.45) is 12.8 Å². The molecule has 3 N–H and O–H groups in total. The first kappa shape index (κ1) is 14.7. The van der Waals surface area contributed by atoms with Crippen molar-refractivity contribution in [1.29, 1.82) is 0 Å². The standard InChI is InChI=1S/C13H18N4O2S/c1-10-11(8-14)4-3-5-12(10)20(18,19)16-9-13-15-6-7-17(13)2/h3-7,16H,8-9,14H2,1-2H3. The van der Waals surface area contributed by atoms with Crippen LogP contribution in [0.3, 0.4) is 0 Å². The van der Waals surface area contributed by atoms with Gasteiger partial charge in [0.15, 0.2) is 0 Å². The molecule has 108 valence electrons. The smallest absolute Gasteiger partial charge is 0.241 e. The lowest BCUT2D eigenvalue weighted by Crippen LogP contribution is -2.25. The number of imidazole rings is 1. The Bertz CT molecular complexity index is 707. The molecule has 7 heteroatoms. The molecule has 0 radical (unpaired) electrons. The van der Waals surface area contributed by atoms with Gasteiger partial charge in [0.1, 0.15) is 5.82 Å². The molecule has 0 unspecified atom stereocenters. The third-order valence-corrected chi connectivity index (χ3v) is 4.79. The van der Waals surface area contributed by atoms with Gasteiger partial charge in [-0.2, -0.15) is 0 Å². The highest BCUT2D eigenvalue weighted by Crippen LogP contribution is 2.18. The summed E-state index contributed by atoms with van der Waals surface area (Å²) in [4.78, 5) is 4.34. The molecule has 1 aromatic heterocycles. The van der Waals surface area contributed by atoms with Crippen LogP contribution in [0.4, 0.5) is 0 Å². The quantitative estimate of drug-likeness (QED) is 0.848. The summed E-state index contributed by atoms with van der Waals surface area (Å²) in [6.07, 6.45) is 3.40. The van der Waals surface area contributed by atoms with Gasteiger partial charge in [0, 0.05) is 26.0 Å². The number of hydrogen-bond donors (Lipinski definition) is 2. The molecule has 0 saturated heterocycles. The zero-order valence-corrected chi connectivity index (χ0v) is 12.3. The molecule has 20 heavy (non-hydrogen) atoms. The zero-order chi connectivity index (χ0) is 14.8. The Balaban J connectivity index is 2.25. The van der Waals surface area contributed by atoms with Gasteiger partial charge in [-0.3, -0.25) is 0 Å². The Kier molecular flexibility index (Phi) is 4.22. The van der Waals surface area contributed by atoms with Crippen molar-refractivity contribution in [1.82, 2.24) is 14.3 Å². The highest BCUT2D eigenvalue weighted by Gasteiger charge is 2.18. The van der Waals surface area contributed by atoms with Crippen LogP contribution in [0.15, 0.2) is 35.5 Å². The number of nitrogens with two attached hydrogens (primary N) is 1. The number of sulfonamides is 1. The summed E-state index contributed by atoms with van der Waals surface area (Å²) in [7, 11) is -1.76. The van der Waals surface area contributed by atoms with E-state index < -0.39 is 10.0 Å². The van der Waals surface area contributed by atoms with E-state index in [0.717, 1.165) is 5.56 Å². The second kappa shape index (κ2) is 5.74. The predicted octanol–water partition coefficient (Wildman–Crippen LogP) is 0.666. The van der Waals surface area contributed by atoms with E-state index >= 15 is 0 Å². The zero-order valence-electron chi connectivity index (χ0n) is 11.5. The van der Waals surface area contributed by atoms with Gasteiger partial charge in [-0.05, 0) is 24.1 Å². The molecule has 0 aliphatic rings. The first-order valence-electron chi connectivity index (χ1n) is 6.20. The molecule has 6 nitrogen and oxygen atoms in total. The maximum atomic E-state index is 12.3. The van der Waals surface area contributed by atoms with Gasteiger partial charge >= 0.3 is 0 Å². The van der Waals surface area contributed by atoms with Crippen LogP contribution in [-0.2, 0) is 30.2 Å². The highest BCUT2D eigenvalue weighted by atomic mass is 32.2. The Morgan fingerprint density at radius 3 is 2.75 bits per heavy atom. The van der Waals surface area contributed by atoms with Crippen LogP contribution in [-0.4, -0.2) is 18.0 Å². The van der Waals surface area contributed by atoms with E-state index in [4.69, 9.17) is 5.73 Å². The minimum atomic E-state index is -3.58. The van der Waals surface area contributed by atoms with Crippen molar-refractivity contribution >= 4 is 10.0 Å². The second-order valence-electron chi connectivity index (χ2n) is 4.52. The summed E-state index contributed by atoms with van der Waals surface area (Å²) < 4.78 is 29.0. The monoisotopic (exact) mass is 294 g/mol. The Labute approximate surface area is 118 Å². The van der Waals surface area contributed by atoms with E-state index in [1.165, 1.54) is 0 Å². The van der Waals surface area contributed by atoms with E-state index in [9.17, 15) is 8.42 Å². The summed E-state index contributed by atoms with van der Waals surface area (Å²) in [6.45, 7) is 2.23. The van der Waals surface area contributed by atoms with Crippen molar-refractivity contribution in [2.75, 3.05) is 0 Å². The minimum Gasteiger partial charge on any atom is -0.337 e. The summed E-state index contributed by atoms with van der Waals surface area (Å²) in [5.74, 6) is 0.654. The SMILES string of the molecule is Cc1c(CN)cccc1S(=O)(=O)NCc1nccn1C. The van der Waals surface area contributed by atoms with Crippen molar-refractivity contribution in [3.63, 3.8) is 0 Å². The summed E-state index contributed by atoms with van der Waals surface area (Å²) >= 11 is 0. The molecule has 0 fully saturated rings. The Hall–Kier alpha value is -1.70. The van der Waals surface area contributed by atoms with E-state index in [0.29, 0.717) is 17.9 Å². The summed E-state index contributed by atoms with van der Waals surface area (Å²) in [5.41, 5.74) is 7.11. The molecular formula is C13H18N4O2S. The third-order valence-electron chi connectivity index (χ3n) is 3.25. The second-order valence-corrected chi connectivity index (χ2v) is 6.26. The molecule has 0 atom stereocenters. The van der Waals surface area contributed by atoms with E-state index in [1.54, 1.807) is 36.0 Å². The number of rotatable bonds is 5. The topological polar surface area (TPSA) is 90.0 Å². The number of nitrogens with one attached hydrogen (secondary N) is 1. The Morgan fingerprint density at radius 1 is 1.40 bits per heavy atom. The van der Waals surface area contributed by atoms with E-state index in [2.05, 4.69) is 9.71 Å². The van der Waals surface area contributed by atoms with Gasteiger partial charge in [-0.25, -0.2) is 18.1 Å². The van der Waals surface area contributed by atoms with E-state index in [-0.39, 0.29) is 11.4 Å². The van der Waals surface area contributed by atoms with Crippen LogP contribution < -0.4 is 10.5 Å². The van der Waals surface area contributed by atoms with Crippen molar-refractivity contribution in [2.45, 2.75) is 24.9 Å². The highest BCUT2D eigenvalue weighted by molar-refractivity contribution is 7.89. The lowest BCUT2D eigenvalue weighted by Gasteiger charge is -2.11. The van der Waals surface area contributed by atoms with Gasteiger partial charge in [0.05, 0.1) is 11.4 Å². The largest absolute Gasteiger partial charge is 0.337 e. The normalized spacial score (nSPS) is 11.8. The van der Waals surface area contributed by atoms with Crippen LogP contribution in [0.5, 0.6) is 0 Å². The third kappa shape index (κ3) is 2.90.